The Morgan fingerprint density at radius 1 is 1.27 bits per heavy atom. The fourth-order valence-corrected chi connectivity index (χ4v) is 4.45. The molecule has 166 valence electrons. The molecule has 3 aromatic rings. The number of imidazole rings is 1. The minimum absolute atomic E-state index is 0.109. The number of carbonyl (C=O) groups is 1. The fraction of sp³-hybridized carbons (Fsp3) is 0.222. The number of fused-ring (bicyclic) bond motifs is 1. The SMILES string of the molecule is C#C/C=C\C(=C(C)C)c1cccc(-n2c(=O)n([C@@H]3CCN(C(=O)C=C)C3)c3ccncc32)c1. The van der Waals surface area contributed by atoms with Gasteiger partial charge in [-0.15, -0.1) is 6.42 Å². The second-order valence-electron chi connectivity index (χ2n) is 8.25. The predicted octanol–water partition coefficient (Wildman–Crippen LogP) is 4.13. The summed E-state index contributed by atoms with van der Waals surface area (Å²) in [7, 11) is 0. The predicted molar refractivity (Wildman–Crippen MR) is 132 cm³/mol. The van der Waals surface area contributed by atoms with Gasteiger partial charge in [0, 0.05) is 19.3 Å². The number of hydrogen-bond acceptors (Lipinski definition) is 3. The average Bonchev–Trinajstić information content (AvgIpc) is 3.40. The Morgan fingerprint density at radius 3 is 2.82 bits per heavy atom. The molecule has 6 nitrogen and oxygen atoms in total. The first-order chi connectivity index (χ1) is 16.0. The van der Waals surface area contributed by atoms with Gasteiger partial charge in [0.15, 0.2) is 0 Å². The molecule has 0 radical (unpaired) electrons. The lowest BCUT2D eigenvalue weighted by Crippen LogP contribution is -2.31. The van der Waals surface area contributed by atoms with Crippen LogP contribution in [0.25, 0.3) is 22.3 Å². The van der Waals surface area contributed by atoms with Gasteiger partial charge < -0.3 is 4.90 Å². The van der Waals surface area contributed by atoms with Gasteiger partial charge in [0.2, 0.25) is 5.91 Å². The average molecular weight is 439 g/mol. The summed E-state index contributed by atoms with van der Waals surface area (Å²) in [5, 5.41) is 0. The molecule has 2 aromatic heterocycles. The van der Waals surface area contributed by atoms with Crippen molar-refractivity contribution in [1.82, 2.24) is 19.0 Å². The van der Waals surface area contributed by atoms with Gasteiger partial charge in [0.25, 0.3) is 0 Å². The van der Waals surface area contributed by atoms with Crippen LogP contribution in [0.4, 0.5) is 0 Å². The maximum atomic E-state index is 13.7. The first-order valence-electron chi connectivity index (χ1n) is 10.9. The van der Waals surface area contributed by atoms with Crippen molar-refractivity contribution in [2.45, 2.75) is 26.3 Å². The van der Waals surface area contributed by atoms with Crippen LogP contribution >= 0.6 is 0 Å². The molecule has 0 aliphatic carbocycles. The number of pyridine rings is 1. The van der Waals surface area contributed by atoms with Gasteiger partial charge >= 0.3 is 5.69 Å². The summed E-state index contributed by atoms with van der Waals surface area (Å²) in [5.41, 5.74) is 5.23. The van der Waals surface area contributed by atoms with Crippen LogP contribution in [-0.2, 0) is 4.79 Å². The molecule has 1 fully saturated rings. The number of aromatic nitrogens is 3. The summed E-state index contributed by atoms with van der Waals surface area (Å²) in [6.45, 7) is 8.71. The van der Waals surface area contributed by atoms with E-state index in [0.29, 0.717) is 19.5 Å². The number of terminal acetylenes is 1. The van der Waals surface area contributed by atoms with Crippen molar-refractivity contribution in [1.29, 1.82) is 0 Å². The highest BCUT2D eigenvalue weighted by Crippen LogP contribution is 2.28. The lowest BCUT2D eigenvalue weighted by molar-refractivity contribution is -0.125. The summed E-state index contributed by atoms with van der Waals surface area (Å²) in [6, 6.07) is 9.59. The summed E-state index contributed by atoms with van der Waals surface area (Å²) >= 11 is 0. The van der Waals surface area contributed by atoms with E-state index >= 15 is 0 Å². The Morgan fingerprint density at radius 2 is 2.09 bits per heavy atom. The zero-order chi connectivity index (χ0) is 23.5. The summed E-state index contributed by atoms with van der Waals surface area (Å²) < 4.78 is 3.48. The van der Waals surface area contributed by atoms with E-state index in [1.807, 2.05) is 50.3 Å². The molecule has 4 rings (SSSR count). The van der Waals surface area contributed by atoms with E-state index in [0.717, 1.165) is 33.4 Å². The van der Waals surface area contributed by atoms with E-state index in [2.05, 4.69) is 17.5 Å². The number of carbonyl (C=O) groups excluding carboxylic acids is 1. The van der Waals surface area contributed by atoms with Gasteiger partial charge in [-0.05, 0) is 67.8 Å². The minimum Gasteiger partial charge on any atom is -0.337 e. The van der Waals surface area contributed by atoms with Crippen LogP contribution in [0, 0.1) is 12.3 Å². The van der Waals surface area contributed by atoms with Crippen molar-refractivity contribution < 1.29 is 4.79 Å². The first-order valence-corrected chi connectivity index (χ1v) is 10.9. The number of allylic oxidation sites excluding steroid dienone is 4. The van der Waals surface area contributed by atoms with E-state index < -0.39 is 0 Å². The Balaban J connectivity index is 1.85. The van der Waals surface area contributed by atoms with Gasteiger partial charge in [-0.2, -0.15) is 0 Å². The van der Waals surface area contributed by atoms with Gasteiger partial charge in [-0.1, -0.05) is 30.2 Å². The highest BCUT2D eigenvalue weighted by Gasteiger charge is 2.30. The Bertz CT molecular complexity index is 1390. The quantitative estimate of drug-likeness (QED) is 0.342. The number of nitrogens with zero attached hydrogens (tertiary/aromatic N) is 4. The summed E-state index contributed by atoms with van der Waals surface area (Å²) in [5.74, 6) is 2.42. The minimum atomic E-state index is -0.147. The highest BCUT2D eigenvalue weighted by atomic mass is 16.2. The molecule has 0 spiro atoms. The van der Waals surface area contributed by atoms with Crippen molar-refractivity contribution in [3.8, 4) is 18.0 Å². The maximum absolute atomic E-state index is 13.7. The van der Waals surface area contributed by atoms with Crippen LogP contribution in [0.15, 0.2) is 77.9 Å². The van der Waals surface area contributed by atoms with Crippen molar-refractivity contribution in [3.05, 3.63) is 89.2 Å². The Labute approximate surface area is 193 Å². The molecule has 0 bridgehead atoms. The topological polar surface area (TPSA) is 60.1 Å². The molecule has 1 amide bonds. The largest absolute Gasteiger partial charge is 0.337 e. The van der Waals surface area contributed by atoms with E-state index in [1.165, 1.54) is 6.08 Å². The van der Waals surface area contributed by atoms with E-state index in [9.17, 15) is 9.59 Å². The summed E-state index contributed by atoms with van der Waals surface area (Å²) in [4.78, 5) is 31.8. The molecule has 1 saturated heterocycles. The van der Waals surface area contributed by atoms with Crippen LogP contribution in [-0.4, -0.2) is 38.0 Å². The number of amides is 1. The monoisotopic (exact) mass is 438 g/mol. The zero-order valence-corrected chi connectivity index (χ0v) is 18.9. The zero-order valence-electron chi connectivity index (χ0n) is 18.9. The number of benzene rings is 1. The van der Waals surface area contributed by atoms with Crippen LogP contribution < -0.4 is 5.69 Å². The maximum Gasteiger partial charge on any atom is 0.334 e. The molecular weight excluding hydrogens is 412 g/mol. The molecule has 3 heterocycles. The number of rotatable bonds is 5. The normalized spacial score (nSPS) is 15.7. The highest BCUT2D eigenvalue weighted by molar-refractivity contribution is 5.87. The van der Waals surface area contributed by atoms with Crippen LogP contribution in [0.1, 0.15) is 31.9 Å². The third-order valence-electron chi connectivity index (χ3n) is 5.99. The van der Waals surface area contributed by atoms with E-state index in [1.54, 1.807) is 32.5 Å². The van der Waals surface area contributed by atoms with Crippen LogP contribution in [0.3, 0.4) is 0 Å². The molecule has 33 heavy (non-hydrogen) atoms. The molecular formula is C27H26N4O2. The first kappa shape index (κ1) is 22.1. The molecule has 0 N–H and O–H groups in total. The van der Waals surface area contributed by atoms with Gasteiger partial charge in [0.1, 0.15) is 0 Å². The third kappa shape index (κ3) is 4.06. The molecule has 0 unspecified atom stereocenters. The molecule has 1 aliphatic rings. The molecule has 0 saturated carbocycles. The lowest BCUT2D eigenvalue weighted by Gasteiger charge is -2.15. The van der Waals surface area contributed by atoms with Gasteiger partial charge in [-0.25, -0.2) is 4.79 Å². The second kappa shape index (κ2) is 9.17. The van der Waals surface area contributed by atoms with Gasteiger partial charge in [0.05, 0.1) is 29.0 Å². The van der Waals surface area contributed by atoms with Crippen molar-refractivity contribution in [2.24, 2.45) is 0 Å². The smallest absolute Gasteiger partial charge is 0.334 e. The molecule has 1 atom stereocenters. The lowest BCUT2D eigenvalue weighted by atomic mass is 10.0. The Kier molecular flexibility index (Phi) is 6.14. The van der Waals surface area contributed by atoms with Crippen molar-refractivity contribution >= 4 is 22.5 Å². The Hall–Kier alpha value is -4.11. The standard InChI is InChI=1S/C27H26N4O2/c1-5-7-11-23(19(3)4)20-9-8-10-21(16-20)30-25-17-28-14-12-24(25)31(27(30)33)22-13-15-29(18-22)26(32)6-2/h1,6-12,14,16-17,22H,2,13,15,18H2,3-4H3/b11-7-/t22-/m1/s1. The molecule has 6 heteroatoms. The van der Waals surface area contributed by atoms with Gasteiger partial charge in [-0.3, -0.25) is 18.9 Å². The third-order valence-corrected chi connectivity index (χ3v) is 5.99. The number of likely N-dealkylation sites (tertiary alicyclic amines) is 1. The number of hydrogen-bond donors (Lipinski definition) is 0. The van der Waals surface area contributed by atoms with Crippen molar-refractivity contribution in [3.63, 3.8) is 0 Å². The summed E-state index contributed by atoms with van der Waals surface area (Å²) in [6.07, 6.45) is 14.4. The second-order valence-corrected chi connectivity index (χ2v) is 8.25. The van der Waals surface area contributed by atoms with Crippen LogP contribution in [0.2, 0.25) is 0 Å². The van der Waals surface area contributed by atoms with E-state index in [-0.39, 0.29) is 17.6 Å². The van der Waals surface area contributed by atoms with Crippen molar-refractivity contribution in [2.75, 3.05) is 13.1 Å². The van der Waals surface area contributed by atoms with E-state index in [4.69, 9.17) is 6.42 Å². The molecule has 1 aromatic carbocycles. The fourth-order valence-electron chi connectivity index (χ4n) is 4.45. The van der Waals surface area contributed by atoms with Crippen LogP contribution in [0.5, 0.6) is 0 Å². The molecule has 1 aliphatic heterocycles.